The lowest BCUT2D eigenvalue weighted by Crippen LogP contribution is -2.56. The summed E-state index contributed by atoms with van der Waals surface area (Å²) >= 11 is 1.49. The molecule has 0 aromatic carbocycles. The van der Waals surface area contributed by atoms with E-state index in [2.05, 4.69) is 15.3 Å². The number of amides is 1. The molecule has 1 unspecified atom stereocenters. The van der Waals surface area contributed by atoms with E-state index in [1.54, 1.807) is 6.07 Å². The van der Waals surface area contributed by atoms with Gasteiger partial charge in [0.25, 0.3) is 12.0 Å². The first kappa shape index (κ1) is 22.4. The van der Waals surface area contributed by atoms with Gasteiger partial charge in [0.1, 0.15) is 5.01 Å². The van der Waals surface area contributed by atoms with Gasteiger partial charge < -0.3 is 10.4 Å². The molecule has 2 N–H and O–H groups in total. The number of nitrogens with zero attached hydrogens (tertiary/aromatic N) is 4. The Morgan fingerprint density at radius 3 is 2.60 bits per heavy atom. The molecule has 4 rings (SSSR count). The predicted octanol–water partition coefficient (Wildman–Crippen LogP) is 1.83. The van der Waals surface area contributed by atoms with Crippen molar-refractivity contribution in [3.63, 3.8) is 0 Å². The van der Waals surface area contributed by atoms with Gasteiger partial charge in [-0.05, 0) is 32.1 Å². The SMILES string of the molecule is CCC(=O)NC1C[C@H]2CCC[C@@H](C1)N2Cc1cc(=O)n2nc(CC)sc2n1.O=CO. The maximum atomic E-state index is 12.4. The number of carbonyl (C=O) groups is 2. The van der Waals surface area contributed by atoms with Crippen LogP contribution in [0.15, 0.2) is 10.9 Å². The lowest BCUT2D eigenvalue weighted by molar-refractivity contribution is -0.123. The second-order valence-corrected chi connectivity index (χ2v) is 8.78. The number of hydrogen-bond acceptors (Lipinski definition) is 7. The van der Waals surface area contributed by atoms with Crippen molar-refractivity contribution < 1.29 is 14.7 Å². The third kappa shape index (κ3) is 5.04. The molecule has 3 atom stereocenters. The Bertz CT molecular complexity index is 929. The standard InChI is InChI=1S/C19H27N5O2S.CH2O2/c1-3-16(25)20-12-8-14-6-5-7-15(9-12)23(14)11-13-10-18(26)24-19(21-13)27-17(4-2)22-24;2-1-3/h10,12,14-15H,3-9,11H2,1-2H3,(H,20,25);1H,(H,2,3)/t12?,14-,15+;. The number of carboxylic acid groups (broad SMARTS) is 1. The number of carbonyl (C=O) groups excluding carboxylic acids is 1. The van der Waals surface area contributed by atoms with E-state index in [1.165, 1.54) is 22.3 Å². The minimum atomic E-state index is -0.250. The smallest absolute Gasteiger partial charge is 0.290 e. The van der Waals surface area contributed by atoms with E-state index in [-0.39, 0.29) is 24.0 Å². The molecule has 2 aliphatic heterocycles. The van der Waals surface area contributed by atoms with E-state index in [9.17, 15) is 9.59 Å². The monoisotopic (exact) mass is 435 g/mol. The molecule has 2 aromatic rings. The summed E-state index contributed by atoms with van der Waals surface area (Å²) in [5, 5.41) is 15.3. The highest BCUT2D eigenvalue weighted by Crippen LogP contribution is 2.35. The van der Waals surface area contributed by atoms with Crippen LogP contribution >= 0.6 is 11.3 Å². The molecule has 2 aromatic heterocycles. The average molecular weight is 436 g/mol. The molecular formula is C20H29N5O4S. The van der Waals surface area contributed by atoms with E-state index in [0.717, 1.165) is 42.8 Å². The number of aryl methyl sites for hydroxylation is 1. The van der Waals surface area contributed by atoms with Crippen molar-refractivity contribution in [3.8, 4) is 0 Å². The highest BCUT2D eigenvalue weighted by atomic mass is 32.1. The van der Waals surface area contributed by atoms with Gasteiger partial charge in [-0.25, -0.2) is 4.98 Å². The minimum Gasteiger partial charge on any atom is -0.483 e. The van der Waals surface area contributed by atoms with E-state index in [0.29, 0.717) is 30.0 Å². The van der Waals surface area contributed by atoms with Crippen LogP contribution in [0.5, 0.6) is 0 Å². The summed E-state index contributed by atoms with van der Waals surface area (Å²) in [4.78, 5) is 40.5. The average Bonchev–Trinajstić information content (AvgIpc) is 3.13. The van der Waals surface area contributed by atoms with Crippen molar-refractivity contribution in [2.24, 2.45) is 0 Å². The number of aromatic nitrogens is 3. The van der Waals surface area contributed by atoms with Gasteiger partial charge in [0.05, 0.1) is 5.69 Å². The normalized spacial score (nSPS) is 23.5. The van der Waals surface area contributed by atoms with Gasteiger partial charge in [0.2, 0.25) is 10.9 Å². The van der Waals surface area contributed by atoms with Crippen LogP contribution < -0.4 is 10.9 Å². The Morgan fingerprint density at radius 2 is 2.00 bits per heavy atom. The molecule has 2 fully saturated rings. The van der Waals surface area contributed by atoms with Crippen molar-refractivity contribution in [1.29, 1.82) is 0 Å². The largest absolute Gasteiger partial charge is 0.483 e. The number of piperidine rings is 2. The highest BCUT2D eigenvalue weighted by Gasteiger charge is 2.38. The molecular weight excluding hydrogens is 406 g/mol. The van der Waals surface area contributed by atoms with Crippen molar-refractivity contribution >= 4 is 28.7 Å². The zero-order valence-corrected chi connectivity index (χ0v) is 18.2. The summed E-state index contributed by atoms with van der Waals surface area (Å²) in [6.07, 6.45) is 6.87. The summed E-state index contributed by atoms with van der Waals surface area (Å²) < 4.78 is 1.42. The summed E-state index contributed by atoms with van der Waals surface area (Å²) in [5.41, 5.74) is 0.737. The zero-order valence-electron chi connectivity index (χ0n) is 17.4. The van der Waals surface area contributed by atoms with Crippen molar-refractivity contribution in [1.82, 2.24) is 24.8 Å². The molecule has 30 heavy (non-hydrogen) atoms. The number of fused-ring (bicyclic) bond motifs is 3. The first-order chi connectivity index (χ1) is 14.5. The molecule has 1 amide bonds. The fraction of sp³-hybridized carbons (Fsp3) is 0.650. The Balaban J connectivity index is 0.000000806. The lowest BCUT2D eigenvalue weighted by Gasteiger charge is -2.48. The molecule has 0 aliphatic carbocycles. The van der Waals surface area contributed by atoms with Gasteiger partial charge in [0, 0.05) is 37.2 Å². The van der Waals surface area contributed by atoms with E-state index in [4.69, 9.17) is 14.9 Å². The fourth-order valence-corrected chi connectivity index (χ4v) is 5.35. The quantitative estimate of drug-likeness (QED) is 0.688. The van der Waals surface area contributed by atoms with Crippen LogP contribution in [0, 0.1) is 0 Å². The van der Waals surface area contributed by atoms with Gasteiger partial charge in [-0.15, -0.1) is 0 Å². The third-order valence-electron chi connectivity index (χ3n) is 5.80. The van der Waals surface area contributed by atoms with Crippen LogP contribution in [-0.4, -0.2) is 55.1 Å². The number of nitrogens with one attached hydrogen (secondary N) is 1. The predicted molar refractivity (Wildman–Crippen MR) is 114 cm³/mol. The van der Waals surface area contributed by atoms with Gasteiger partial charge >= 0.3 is 0 Å². The van der Waals surface area contributed by atoms with Gasteiger partial charge in [0.15, 0.2) is 0 Å². The van der Waals surface area contributed by atoms with Crippen LogP contribution in [0.2, 0.25) is 0 Å². The van der Waals surface area contributed by atoms with E-state index < -0.39 is 0 Å². The van der Waals surface area contributed by atoms with Crippen LogP contribution in [0.25, 0.3) is 4.96 Å². The maximum absolute atomic E-state index is 12.4. The zero-order chi connectivity index (χ0) is 21.7. The first-order valence-corrected chi connectivity index (χ1v) is 11.3. The molecule has 2 bridgehead atoms. The van der Waals surface area contributed by atoms with E-state index >= 15 is 0 Å². The van der Waals surface area contributed by atoms with E-state index in [1.807, 2.05) is 13.8 Å². The van der Waals surface area contributed by atoms with Crippen molar-refractivity contribution in [2.75, 3.05) is 0 Å². The maximum Gasteiger partial charge on any atom is 0.290 e. The van der Waals surface area contributed by atoms with Crippen LogP contribution in [0.3, 0.4) is 0 Å². The Labute approximate surface area is 179 Å². The molecule has 164 valence electrons. The topological polar surface area (TPSA) is 117 Å². The molecule has 0 saturated carbocycles. The second kappa shape index (κ2) is 10.1. The summed E-state index contributed by atoms with van der Waals surface area (Å²) in [5.74, 6) is 0.142. The number of rotatable bonds is 5. The summed E-state index contributed by atoms with van der Waals surface area (Å²) in [7, 11) is 0. The molecule has 0 spiro atoms. The summed E-state index contributed by atoms with van der Waals surface area (Å²) in [6, 6.07) is 2.81. The Hall–Kier alpha value is -2.33. The van der Waals surface area contributed by atoms with Gasteiger partial charge in [-0.1, -0.05) is 31.6 Å². The molecule has 4 heterocycles. The molecule has 2 aliphatic rings. The van der Waals surface area contributed by atoms with Crippen LogP contribution in [0.4, 0.5) is 0 Å². The van der Waals surface area contributed by atoms with Gasteiger partial charge in [-0.2, -0.15) is 9.61 Å². The molecule has 9 nitrogen and oxygen atoms in total. The first-order valence-electron chi connectivity index (χ1n) is 10.5. The van der Waals surface area contributed by atoms with Crippen molar-refractivity contribution in [3.05, 3.63) is 27.1 Å². The second-order valence-electron chi connectivity index (χ2n) is 7.74. The molecule has 2 saturated heterocycles. The van der Waals surface area contributed by atoms with Crippen molar-refractivity contribution in [2.45, 2.75) is 83.5 Å². The Morgan fingerprint density at radius 1 is 1.33 bits per heavy atom. The highest BCUT2D eigenvalue weighted by molar-refractivity contribution is 7.16. The van der Waals surface area contributed by atoms with Crippen LogP contribution in [0.1, 0.15) is 63.1 Å². The Kier molecular flexibility index (Phi) is 7.54. The number of hydrogen-bond donors (Lipinski definition) is 2. The van der Waals surface area contributed by atoms with Gasteiger partial charge in [-0.3, -0.25) is 19.3 Å². The fourth-order valence-electron chi connectivity index (χ4n) is 4.49. The molecule has 10 heteroatoms. The lowest BCUT2D eigenvalue weighted by atomic mass is 9.81. The third-order valence-corrected chi connectivity index (χ3v) is 6.85. The summed E-state index contributed by atoms with van der Waals surface area (Å²) in [6.45, 7) is 4.39. The van der Waals surface area contributed by atoms with Crippen LogP contribution in [-0.2, 0) is 22.6 Å². The minimum absolute atomic E-state index is 0.0961. The molecule has 0 radical (unpaired) electrons.